The Kier molecular flexibility index (Phi) is 4.66. The minimum absolute atomic E-state index is 0.00528. The van der Waals surface area contributed by atoms with Gasteiger partial charge in [-0.05, 0) is 59.5 Å². The van der Waals surface area contributed by atoms with Crippen LogP contribution in [0.4, 0.5) is 0 Å². The van der Waals surface area contributed by atoms with Crippen molar-refractivity contribution >= 4 is 27.3 Å². The smallest absolute Gasteiger partial charge is 0.122 e. The van der Waals surface area contributed by atoms with Crippen molar-refractivity contribution in [1.82, 2.24) is 0 Å². The summed E-state index contributed by atoms with van der Waals surface area (Å²) < 4.78 is 6.57. The molecular formula is C15H18BrNOS. The first-order chi connectivity index (χ1) is 9.01. The van der Waals surface area contributed by atoms with E-state index in [9.17, 15) is 0 Å². The molecule has 1 heterocycles. The molecule has 0 spiro atoms. The van der Waals surface area contributed by atoms with Crippen molar-refractivity contribution in [3.8, 4) is 5.75 Å². The van der Waals surface area contributed by atoms with Crippen LogP contribution in [0.3, 0.4) is 0 Å². The van der Waals surface area contributed by atoms with Gasteiger partial charge in [0.2, 0.25) is 0 Å². The van der Waals surface area contributed by atoms with Crippen LogP contribution in [0.5, 0.6) is 5.75 Å². The second-order valence-electron chi connectivity index (χ2n) is 4.73. The van der Waals surface area contributed by atoms with Crippen LogP contribution in [0.1, 0.15) is 27.6 Å². The lowest BCUT2D eigenvalue weighted by Crippen LogP contribution is -2.12. The van der Waals surface area contributed by atoms with E-state index < -0.39 is 0 Å². The van der Waals surface area contributed by atoms with Gasteiger partial charge < -0.3 is 10.5 Å². The van der Waals surface area contributed by atoms with Crippen LogP contribution < -0.4 is 10.5 Å². The van der Waals surface area contributed by atoms with Gasteiger partial charge in [-0.1, -0.05) is 17.7 Å². The van der Waals surface area contributed by atoms with E-state index in [4.69, 9.17) is 10.5 Å². The van der Waals surface area contributed by atoms with E-state index in [1.807, 2.05) is 6.07 Å². The predicted molar refractivity (Wildman–Crippen MR) is 85.1 cm³/mol. The third kappa shape index (κ3) is 3.38. The molecule has 1 aromatic heterocycles. The fourth-order valence-corrected chi connectivity index (χ4v) is 3.64. The maximum Gasteiger partial charge on any atom is 0.122 e. The lowest BCUT2D eigenvalue weighted by molar-refractivity contribution is 0.408. The van der Waals surface area contributed by atoms with Gasteiger partial charge in [0.25, 0.3) is 0 Å². The second-order valence-corrected chi connectivity index (χ2v) is 7.13. The maximum atomic E-state index is 6.32. The Hall–Kier alpha value is -0.840. The van der Waals surface area contributed by atoms with Gasteiger partial charge in [-0.25, -0.2) is 0 Å². The van der Waals surface area contributed by atoms with Gasteiger partial charge in [-0.2, -0.15) is 0 Å². The molecule has 0 aliphatic carbocycles. The standard InChI is InChI=1S/C15H18BrNOS/c1-9-4-5-13(18-3)11(6-9)8-12(17)14-7-10(2)15(16)19-14/h4-7,12H,8,17H2,1-3H3. The van der Waals surface area contributed by atoms with Crippen LogP contribution in [0.25, 0.3) is 0 Å². The summed E-state index contributed by atoms with van der Waals surface area (Å²) in [6, 6.07) is 8.37. The van der Waals surface area contributed by atoms with Crippen molar-refractivity contribution < 1.29 is 4.74 Å². The van der Waals surface area contributed by atoms with Crippen LogP contribution in [-0.4, -0.2) is 7.11 Å². The summed E-state index contributed by atoms with van der Waals surface area (Å²) in [5.41, 5.74) is 9.95. The molecule has 0 aliphatic heterocycles. The number of hydrogen-bond donors (Lipinski definition) is 1. The van der Waals surface area contributed by atoms with Crippen molar-refractivity contribution in [2.45, 2.75) is 26.3 Å². The lowest BCUT2D eigenvalue weighted by atomic mass is 10.0. The summed E-state index contributed by atoms with van der Waals surface area (Å²) in [6.07, 6.45) is 0.789. The van der Waals surface area contributed by atoms with Crippen molar-refractivity contribution in [2.75, 3.05) is 7.11 Å². The normalized spacial score (nSPS) is 12.5. The number of thiophene rings is 1. The van der Waals surface area contributed by atoms with E-state index in [-0.39, 0.29) is 6.04 Å². The Balaban J connectivity index is 2.23. The van der Waals surface area contributed by atoms with Gasteiger partial charge in [-0.15, -0.1) is 11.3 Å². The molecule has 0 radical (unpaired) electrons. The molecular weight excluding hydrogens is 322 g/mol. The summed E-state index contributed by atoms with van der Waals surface area (Å²) in [5.74, 6) is 0.911. The van der Waals surface area contributed by atoms with E-state index in [2.05, 4.69) is 48.0 Å². The van der Waals surface area contributed by atoms with Crippen molar-refractivity contribution in [3.63, 3.8) is 0 Å². The highest BCUT2D eigenvalue weighted by Crippen LogP contribution is 2.33. The van der Waals surface area contributed by atoms with Gasteiger partial charge in [0.1, 0.15) is 5.75 Å². The molecule has 19 heavy (non-hydrogen) atoms. The zero-order chi connectivity index (χ0) is 14.0. The first-order valence-electron chi connectivity index (χ1n) is 6.16. The highest BCUT2D eigenvalue weighted by molar-refractivity contribution is 9.11. The van der Waals surface area contributed by atoms with E-state index in [0.717, 1.165) is 21.5 Å². The third-order valence-corrected chi connectivity index (χ3v) is 5.39. The summed E-state index contributed by atoms with van der Waals surface area (Å²) in [6.45, 7) is 4.17. The number of aryl methyl sites for hydroxylation is 2. The number of nitrogens with two attached hydrogens (primary N) is 1. The topological polar surface area (TPSA) is 35.2 Å². The summed E-state index contributed by atoms with van der Waals surface area (Å²) >= 11 is 5.26. The molecule has 1 aromatic carbocycles. The lowest BCUT2D eigenvalue weighted by Gasteiger charge is -2.13. The Labute approximate surface area is 126 Å². The van der Waals surface area contributed by atoms with Gasteiger partial charge in [0.05, 0.1) is 10.9 Å². The average Bonchev–Trinajstić information content (AvgIpc) is 2.70. The summed E-state index contributed by atoms with van der Waals surface area (Å²) in [7, 11) is 1.70. The van der Waals surface area contributed by atoms with Gasteiger partial charge in [0, 0.05) is 10.9 Å². The number of methoxy groups -OCH3 is 1. The first kappa shape index (κ1) is 14.6. The largest absolute Gasteiger partial charge is 0.496 e. The highest BCUT2D eigenvalue weighted by Gasteiger charge is 2.14. The summed E-state index contributed by atoms with van der Waals surface area (Å²) in [4.78, 5) is 1.20. The van der Waals surface area contributed by atoms with Crippen molar-refractivity contribution in [1.29, 1.82) is 0 Å². The SMILES string of the molecule is COc1ccc(C)cc1CC(N)c1cc(C)c(Br)s1. The predicted octanol–water partition coefficient (Wildman–Crippen LogP) is 4.38. The second kappa shape index (κ2) is 6.07. The van der Waals surface area contributed by atoms with Crippen LogP contribution in [0.2, 0.25) is 0 Å². The molecule has 0 amide bonds. The molecule has 4 heteroatoms. The number of ether oxygens (including phenoxy) is 1. The highest BCUT2D eigenvalue weighted by atomic mass is 79.9. The van der Waals surface area contributed by atoms with E-state index >= 15 is 0 Å². The zero-order valence-corrected chi connectivity index (χ0v) is 13.8. The Morgan fingerprint density at radius 1 is 1.32 bits per heavy atom. The number of halogens is 1. The molecule has 2 aromatic rings. The fraction of sp³-hybridized carbons (Fsp3) is 0.333. The Morgan fingerprint density at radius 2 is 2.05 bits per heavy atom. The molecule has 0 bridgehead atoms. The maximum absolute atomic E-state index is 6.32. The van der Waals surface area contributed by atoms with Gasteiger partial charge in [0.15, 0.2) is 0 Å². The number of rotatable bonds is 4. The van der Waals surface area contributed by atoms with Gasteiger partial charge >= 0.3 is 0 Å². The third-order valence-electron chi connectivity index (χ3n) is 3.12. The molecule has 2 rings (SSSR count). The molecule has 0 saturated carbocycles. The zero-order valence-electron chi connectivity index (χ0n) is 11.4. The monoisotopic (exact) mass is 339 g/mol. The van der Waals surface area contributed by atoms with Crippen LogP contribution >= 0.6 is 27.3 Å². The van der Waals surface area contributed by atoms with Crippen molar-refractivity contribution in [2.24, 2.45) is 5.73 Å². The number of hydrogen-bond acceptors (Lipinski definition) is 3. The van der Waals surface area contributed by atoms with Crippen LogP contribution in [0.15, 0.2) is 28.1 Å². The molecule has 102 valence electrons. The molecule has 0 aliphatic rings. The van der Waals surface area contributed by atoms with E-state index in [0.29, 0.717) is 0 Å². The molecule has 2 nitrogen and oxygen atoms in total. The van der Waals surface area contributed by atoms with Crippen LogP contribution in [0, 0.1) is 13.8 Å². The molecule has 1 unspecified atom stereocenters. The van der Waals surface area contributed by atoms with E-state index in [1.165, 1.54) is 16.0 Å². The molecule has 0 fully saturated rings. The minimum atomic E-state index is 0.00528. The first-order valence-corrected chi connectivity index (χ1v) is 7.77. The van der Waals surface area contributed by atoms with Crippen LogP contribution in [-0.2, 0) is 6.42 Å². The van der Waals surface area contributed by atoms with Crippen molar-refractivity contribution in [3.05, 3.63) is 49.6 Å². The molecule has 0 saturated heterocycles. The Morgan fingerprint density at radius 3 is 2.63 bits per heavy atom. The minimum Gasteiger partial charge on any atom is -0.496 e. The fourth-order valence-electron chi connectivity index (χ4n) is 2.07. The molecule has 1 atom stereocenters. The molecule has 2 N–H and O–H groups in total. The number of benzene rings is 1. The Bertz CT molecular complexity index is 560. The average molecular weight is 340 g/mol. The van der Waals surface area contributed by atoms with Gasteiger partial charge in [-0.3, -0.25) is 0 Å². The summed E-state index contributed by atoms with van der Waals surface area (Å²) in [5, 5.41) is 0. The van der Waals surface area contributed by atoms with E-state index in [1.54, 1.807) is 18.4 Å². The quantitative estimate of drug-likeness (QED) is 0.897.